The molecule has 0 spiro atoms. The Kier molecular flexibility index (Phi) is 2.79. The molecular formula is C13H13FO2. The van der Waals surface area contributed by atoms with Gasteiger partial charge in [-0.3, -0.25) is 0 Å². The lowest BCUT2D eigenvalue weighted by Gasteiger charge is -2.11. The van der Waals surface area contributed by atoms with Crippen molar-refractivity contribution in [2.75, 3.05) is 0 Å². The van der Waals surface area contributed by atoms with Crippen molar-refractivity contribution >= 4 is 0 Å². The zero-order valence-electron chi connectivity index (χ0n) is 9.20. The van der Waals surface area contributed by atoms with Crippen LogP contribution in [0.5, 0.6) is 0 Å². The smallest absolute Gasteiger partial charge is 0.172 e. The van der Waals surface area contributed by atoms with Crippen LogP contribution in [0.3, 0.4) is 0 Å². The molecule has 84 valence electrons. The molecule has 1 heterocycles. The summed E-state index contributed by atoms with van der Waals surface area (Å²) >= 11 is 0. The molecule has 0 saturated heterocycles. The zero-order chi connectivity index (χ0) is 11.7. The van der Waals surface area contributed by atoms with Crippen LogP contribution in [0.2, 0.25) is 0 Å². The molecule has 0 saturated carbocycles. The van der Waals surface area contributed by atoms with Gasteiger partial charge in [0, 0.05) is 6.07 Å². The SMILES string of the molecule is Cc1cc(F)c(C(O)c2ccccc2C)o1. The molecule has 0 amide bonds. The zero-order valence-corrected chi connectivity index (χ0v) is 9.20. The van der Waals surface area contributed by atoms with E-state index in [1.54, 1.807) is 19.1 Å². The summed E-state index contributed by atoms with van der Waals surface area (Å²) in [5, 5.41) is 10.0. The van der Waals surface area contributed by atoms with Crippen LogP contribution in [0.4, 0.5) is 4.39 Å². The number of hydrogen-bond donors (Lipinski definition) is 1. The van der Waals surface area contributed by atoms with Crippen molar-refractivity contribution in [3.05, 3.63) is 58.8 Å². The highest BCUT2D eigenvalue weighted by molar-refractivity contribution is 5.32. The van der Waals surface area contributed by atoms with Gasteiger partial charge < -0.3 is 9.52 Å². The monoisotopic (exact) mass is 220 g/mol. The van der Waals surface area contributed by atoms with Gasteiger partial charge in [-0.2, -0.15) is 0 Å². The summed E-state index contributed by atoms with van der Waals surface area (Å²) in [7, 11) is 0. The van der Waals surface area contributed by atoms with Gasteiger partial charge in [-0.05, 0) is 25.0 Å². The summed E-state index contributed by atoms with van der Waals surface area (Å²) in [6, 6.07) is 8.58. The van der Waals surface area contributed by atoms with Gasteiger partial charge in [0.15, 0.2) is 11.6 Å². The van der Waals surface area contributed by atoms with E-state index in [0.717, 1.165) is 5.56 Å². The van der Waals surface area contributed by atoms with Crippen molar-refractivity contribution in [2.24, 2.45) is 0 Å². The lowest BCUT2D eigenvalue weighted by atomic mass is 10.0. The minimum Gasteiger partial charge on any atom is -0.460 e. The third-order valence-electron chi connectivity index (χ3n) is 2.57. The Morgan fingerprint density at radius 1 is 1.25 bits per heavy atom. The topological polar surface area (TPSA) is 33.4 Å². The molecule has 2 rings (SSSR count). The lowest BCUT2D eigenvalue weighted by molar-refractivity contribution is 0.180. The highest BCUT2D eigenvalue weighted by Gasteiger charge is 2.20. The average Bonchev–Trinajstić information content (AvgIpc) is 2.58. The molecule has 3 heteroatoms. The molecule has 0 bridgehead atoms. The van der Waals surface area contributed by atoms with Crippen molar-refractivity contribution in [1.29, 1.82) is 0 Å². The van der Waals surface area contributed by atoms with Gasteiger partial charge >= 0.3 is 0 Å². The van der Waals surface area contributed by atoms with Crippen LogP contribution in [0.15, 0.2) is 34.7 Å². The summed E-state index contributed by atoms with van der Waals surface area (Å²) in [6.45, 7) is 3.52. The molecule has 0 radical (unpaired) electrons. The maximum Gasteiger partial charge on any atom is 0.172 e. The van der Waals surface area contributed by atoms with E-state index < -0.39 is 11.9 Å². The quantitative estimate of drug-likeness (QED) is 0.843. The molecular weight excluding hydrogens is 207 g/mol. The number of rotatable bonds is 2. The standard InChI is InChI=1S/C13H13FO2/c1-8-5-3-4-6-10(8)12(15)13-11(14)7-9(2)16-13/h3-7,12,15H,1-2H3. The fourth-order valence-electron chi connectivity index (χ4n) is 1.72. The summed E-state index contributed by atoms with van der Waals surface area (Å²) in [5.74, 6) is -0.0693. The second-order valence-electron chi connectivity index (χ2n) is 3.83. The number of aliphatic hydroxyl groups is 1. The second kappa shape index (κ2) is 4.10. The van der Waals surface area contributed by atoms with Crippen LogP contribution < -0.4 is 0 Å². The third-order valence-corrected chi connectivity index (χ3v) is 2.57. The van der Waals surface area contributed by atoms with Crippen molar-refractivity contribution < 1.29 is 13.9 Å². The summed E-state index contributed by atoms with van der Waals surface area (Å²) < 4.78 is 18.6. The van der Waals surface area contributed by atoms with E-state index in [-0.39, 0.29) is 5.76 Å². The molecule has 1 unspecified atom stereocenters. The molecule has 16 heavy (non-hydrogen) atoms. The van der Waals surface area contributed by atoms with Gasteiger partial charge in [0.1, 0.15) is 11.9 Å². The third kappa shape index (κ3) is 1.86. The maximum absolute atomic E-state index is 13.4. The van der Waals surface area contributed by atoms with Crippen LogP contribution in [-0.2, 0) is 0 Å². The van der Waals surface area contributed by atoms with Crippen molar-refractivity contribution in [1.82, 2.24) is 0 Å². The Balaban J connectivity index is 2.43. The van der Waals surface area contributed by atoms with Crippen molar-refractivity contribution in [3.8, 4) is 0 Å². The van der Waals surface area contributed by atoms with E-state index in [9.17, 15) is 9.50 Å². The fraction of sp³-hybridized carbons (Fsp3) is 0.231. The molecule has 1 N–H and O–H groups in total. The summed E-state index contributed by atoms with van der Waals surface area (Å²) in [5.41, 5.74) is 1.57. The normalized spacial score (nSPS) is 12.8. The summed E-state index contributed by atoms with van der Waals surface area (Å²) in [6.07, 6.45) is -1.05. The van der Waals surface area contributed by atoms with E-state index in [2.05, 4.69) is 0 Å². The van der Waals surface area contributed by atoms with Gasteiger partial charge in [-0.25, -0.2) is 4.39 Å². The van der Waals surface area contributed by atoms with Gasteiger partial charge in [0.2, 0.25) is 0 Å². The van der Waals surface area contributed by atoms with Gasteiger partial charge in [-0.1, -0.05) is 24.3 Å². The molecule has 0 aliphatic carbocycles. The van der Waals surface area contributed by atoms with E-state index in [0.29, 0.717) is 11.3 Å². The van der Waals surface area contributed by atoms with Crippen LogP contribution in [0.25, 0.3) is 0 Å². The number of benzene rings is 1. The Bertz CT molecular complexity index is 502. The first-order valence-electron chi connectivity index (χ1n) is 5.09. The molecule has 0 fully saturated rings. The fourth-order valence-corrected chi connectivity index (χ4v) is 1.72. The van der Waals surface area contributed by atoms with E-state index in [1.807, 2.05) is 19.1 Å². The molecule has 1 aromatic carbocycles. The Hall–Kier alpha value is -1.61. The van der Waals surface area contributed by atoms with E-state index >= 15 is 0 Å². The first-order chi connectivity index (χ1) is 7.59. The average molecular weight is 220 g/mol. The number of hydrogen-bond acceptors (Lipinski definition) is 2. The highest BCUT2D eigenvalue weighted by Crippen LogP contribution is 2.28. The first kappa shape index (κ1) is 10.9. The highest BCUT2D eigenvalue weighted by atomic mass is 19.1. The second-order valence-corrected chi connectivity index (χ2v) is 3.83. The molecule has 0 aliphatic rings. The summed E-state index contributed by atoms with van der Waals surface area (Å²) in [4.78, 5) is 0. The minimum absolute atomic E-state index is 0.0215. The predicted octanol–water partition coefficient (Wildman–Crippen LogP) is 3.12. The number of halogens is 1. The van der Waals surface area contributed by atoms with Crippen LogP contribution in [-0.4, -0.2) is 5.11 Å². The van der Waals surface area contributed by atoms with Gasteiger partial charge in [-0.15, -0.1) is 0 Å². The van der Waals surface area contributed by atoms with Gasteiger partial charge in [0.25, 0.3) is 0 Å². The maximum atomic E-state index is 13.4. The number of aliphatic hydroxyl groups excluding tert-OH is 1. The van der Waals surface area contributed by atoms with Crippen LogP contribution in [0, 0.1) is 19.7 Å². The predicted molar refractivity (Wildman–Crippen MR) is 58.6 cm³/mol. The minimum atomic E-state index is -1.05. The molecule has 0 aliphatic heterocycles. The van der Waals surface area contributed by atoms with Crippen molar-refractivity contribution in [2.45, 2.75) is 20.0 Å². The van der Waals surface area contributed by atoms with E-state index in [4.69, 9.17) is 4.42 Å². The van der Waals surface area contributed by atoms with Gasteiger partial charge in [0.05, 0.1) is 0 Å². The molecule has 1 aromatic heterocycles. The largest absolute Gasteiger partial charge is 0.460 e. The van der Waals surface area contributed by atoms with E-state index in [1.165, 1.54) is 6.07 Å². The Morgan fingerprint density at radius 3 is 2.50 bits per heavy atom. The van der Waals surface area contributed by atoms with Crippen molar-refractivity contribution in [3.63, 3.8) is 0 Å². The lowest BCUT2D eigenvalue weighted by Crippen LogP contribution is -2.02. The molecule has 2 aromatic rings. The molecule has 1 atom stereocenters. The number of furan rings is 1. The molecule has 2 nitrogen and oxygen atoms in total. The number of aryl methyl sites for hydroxylation is 2. The Labute approximate surface area is 93.3 Å². The van der Waals surface area contributed by atoms with Crippen LogP contribution >= 0.6 is 0 Å². The van der Waals surface area contributed by atoms with Crippen LogP contribution in [0.1, 0.15) is 28.8 Å². The first-order valence-corrected chi connectivity index (χ1v) is 5.09. The Morgan fingerprint density at radius 2 is 1.94 bits per heavy atom.